The van der Waals surface area contributed by atoms with Crippen LogP contribution in [0.1, 0.15) is 11.5 Å². The maximum Gasteiger partial charge on any atom is 0.317 e. The monoisotopic (exact) mass is 217 g/mol. The van der Waals surface area contributed by atoms with E-state index in [0.717, 1.165) is 0 Å². The Morgan fingerprint density at radius 3 is 2.75 bits per heavy atom. The summed E-state index contributed by atoms with van der Waals surface area (Å²) >= 11 is 0. The molecule has 2 aromatic rings. The van der Waals surface area contributed by atoms with Gasteiger partial charge in [-0.3, -0.25) is 4.79 Å². The molecule has 2 rings (SSSR count). The molecule has 16 heavy (non-hydrogen) atoms. The highest BCUT2D eigenvalue weighted by Crippen LogP contribution is 2.10. The van der Waals surface area contributed by atoms with Crippen LogP contribution in [-0.4, -0.2) is 11.1 Å². The zero-order chi connectivity index (χ0) is 11.4. The fourth-order valence-electron chi connectivity index (χ4n) is 1.31. The molecule has 0 aliphatic heterocycles. The van der Waals surface area contributed by atoms with Gasteiger partial charge in [0.05, 0.1) is 12.1 Å². The molecule has 0 saturated heterocycles. The molecule has 0 saturated carbocycles. The number of hydrogen-bond donors (Lipinski definition) is 0. The molecule has 0 atom stereocenters. The maximum absolute atomic E-state index is 11.5. The lowest BCUT2D eigenvalue weighted by atomic mass is 10.3. The third-order valence-electron chi connectivity index (χ3n) is 1.98. The van der Waals surface area contributed by atoms with E-state index in [1.54, 1.807) is 25.1 Å². The normalized spacial score (nSPS) is 10.1. The Bertz CT molecular complexity index is 476. The number of rotatable bonds is 3. The minimum Gasteiger partial charge on any atom is -0.426 e. The Morgan fingerprint density at radius 1 is 1.38 bits per heavy atom. The summed E-state index contributed by atoms with van der Waals surface area (Å²) in [6, 6.07) is 10.6. The SMILES string of the molecule is Cc1cc(CC(=O)Oc2ccccc2)no1. The minimum absolute atomic E-state index is 0.117. The number of ether oxygens (including phenoxy) is 1. The fraction of sp³-hybridized carbons (Fsp3) is 0.167. The molecule has 0 bridgehead atoms. The van der Waals surface area contributed by atoms with E-state index in [0.29, 0.717) is 17.2 Å². The van der Waals surface area contributed by atoms with E-state index < -0.39 is 0 Å². The van der Waals surface area contributed by atoms with Crippen LogP contribution >= 0.6 is 0 Å². The largest absolute Gasteiger partial charge is 0.426 e. The quantitative estimate of drug-likeness (QED) is 0.583. The van der Waals surface area contributed by atoms with Crippen LogP contribution in [0.4, 0.5) is 0 Å². The molecule has 0 aliphatic carbocycles. The van der Waals surface area contributed by atoms with Crippen molar-refractivity contribution in [2.75, 3.05) is 0 Å². The molecule has 0 radical (unpaired) electrons. The number of hydrogen-bond acceptors (Lipinski definition) is 4. The average Bonchev–Trinajstić information content (AvgIpc) is 2.65. The van der Waals surface area contributed by atoms with Crippen LogP contribution in [0.5, 0.6) is 5.75 Å². The Kier molecular flexibility index (Phi) is 3.00. The second-order valence-corrected chi connectivity index (χ2v) is 3.39. The van der Waals surface area contributed by atoms with E-state index in [9.17, 15) is 4.79 Å². The number of carbonyl (C=O) groups excluding carboxylic acids is 1. The molecule has 1 aromatic heterocycles. The van der Waals surface area contributed by atoms with Gasteiger partial charge >= 0.3 is 5.97 Å². The molecule has 4 nitrogen and oxygen atoms in total. The lowest BCUT2D eigenvalue weighted by molar-refractivity contribution is -0.133. The zero-order valence-corrected chi connectivity index (χ0v) is 8.84. The molecule has 0 amide bonds. The average molecular weight is 217 g/mol. The fourth-order valence-corrected chi connectivity index (χ4v) is 1.31. The van der Waals surface area contributed by atoms with E-state index in [-0.39, 0.29) is 12.4 Å². The third-order valence-corrected chi connectivity index (χ3v) is 1.98. The van der Waals surface area contributed by atoms with Gasteiger partial charge in [0.1, 0.15) is 11.5 Å². The highest BCUT2D eigenvalue weighted by atomic mass is 16.5. The van der Waals surface area contributed by atoms with Crippen LogP contribution < -0.4 is 4.74 Å². The number of aryl methyl sites for hydroxylation is 1. The van der Waals surface area contributed by atoms with Crippen molar-refractivity contribution in [3.63, 3.8) is 0 Å². The summed E-state index contributed by atoms with van der Waals surface area (Å²) < 4.78 is 9.96. The van der Waals surface area contributed by atoms with Crippen molar-refractivity contribution in [3.05, 3.63) is 47.9 Å². The van der Waals surface area contributed by atoms with Crippen molar-refractivity contribution >= 4 is 5.97 Å². The first-order chi connectivity index (χ1) is 7.74. The van der Waals surface area contributed by atoms with Crippen LogP contribution in [-0.2, 0) is 11.2 Å². The van der Waals surface area contributed by atoms with Crippen LogP contribution in [0.15, 0.2) is 40.9 Å². The van der Waals surface area contributed by atoms with Crippen molar-refractivity contribution in [1.82, 2.24) is 5.16 Å². The van der Waals surface area contributed by atoms with Crippen LogP contribution in [0, 0.1) is 6.92 Å². The molecule has 0 unspecified atom stereocenters. The summed E-state index contributed by atoms with van der Waals surface area (Å²) in [6.07, 6.45) is 0.117. The number of para-hydroxylation sites is 1. The Hall–Kier alpha value is -2.10. The number of aromatic nitrogens is 1. The van der Waals surface area contributed by atoms with Gasteiger partial charge in [-0.15, -0.1) is 0 Å². The molecule has 0 N–H and O–H groups in total. The predicted molar refractivity (Wildman–Crippen MR) is 57.0 cm³/mol. The molecule has 82 valence electrons. The number of esters is 1. The van der Waals surface area contributed by atoms with Crippen molar-refractivity contribution < 1.29 is 14.1 Å². The summed E-state index contributed by atoms with van der Waals surface area (Å²) in [4.78, 5) is 11.5. The van der Waals surface area contributed by atoms with Crippen molar-refractivity contribution in [1.29, 1.82) is 0 Å². The van der Waals surface area contributed by atoms with E-state index in [1.165, 1.54) is 0 Å². The summed E-state index contributed by atoms with van der Waals surface area (Å²) in [5.41, 5.74) is 0.582. The van der Waals surface area contributed by atoms with Gasteiger partial charge in [-0.25, -0.2) is 0 Å². The second kappa shape index (κ2) is 4.61. The first-order valence-corrected chi connectivity index (χ1v) is 4.92. The standard InChI is InChI=1S/C12H11NO3/c1-9-7-10(13-16-9)8-12(14)15-11-5-3-2-4-6-11/h2-7H,8H2,1H3. The Balaban J connectivity index is 1.95. The van der Waals surface area contributed by atoms with E-state index in [1.807, 2.05) is 18.2 Å². The molecule has 1 aromatic carbocycles. The van der Waals surface area contributed by atoms with Crippen molar-refractivity contribution in [3.8, 4) is 5.75 Å². The van der Waals surface area contributed by atoms with Gasteiger partial charge in [0.15, 0.2) is 0 Å². The molecule has 0 spiro atoms. The number of benzene rings is 1. The predicted octanol–water partition coefficient (Wildman–Crippen LogP) is 2.13. The minimum atomic E-state index is -0.348. The van der Waals surface area contributed by atoms with Gasteiger partial charge < -0.3 is 9.26 Å². The highest BCUT2D eigenvalue weighted by molar-refractivity contribution is 5.74. The first-order valence-electron chi connectivity index (χ1n) is 4.92. The molecule has 0 fully saturated rings. The van der Waals surface area contributed by atoms with Gasteiger partial charge in [0, 0.05) is 6.07 Å². The van der Waals surface area contributed by atoms with Gasteiger partial charge in [-0.2, -0.15) is 0 Å². The highest BCUT2D eigenvalue weighted by Gasteiger charge is 2.09. The van der Waals surface area contributed by atoms with E-state index >= 15 is 0 Å². The summed E-state index contributed by atoms with van der Waals surface area (Å²) in [6.45, 7) is 1.78. The Labute approximate surface area is 92.8 Å². The van der Waals surface area contributed by atoms with E-state index in [4.69, 9.17) is 9.26 Å². The zero-order valence-electron chi connectivity index (χ0n) is 8.84. The molecular formula is C12H11NO3. The van der Waals surface area contributed by atoms with Crippen LogP contribution in [0.2, 0.25) is 0 Å². The summed E-state index contributed by atoms with van der Waals surface area (Å²) in [5, 5.41) is 3.72. The number of carbonyl (C=O) groups is 1. The first kappa shape index (κ1) is 10.4. The lowest BCUT2D eigenvalue weighted by Crippen LogP contribution is -2.11. The third kappa shape index (κ3) is 2.70. The van der Waals surface area contributed by atoms with E-state index in [2.05, 4.69) is 5.16 Å². The number of nitrogens with zero attached hydrogens (tertiary/aromatic N) is 1. The van der Waals surface area contributed by atoms with Crippen LogP contribution in [0.3, 0.4) is 0 Å². The van der Waals surface area contributed by atoms with Crippen molar-refractivity contribution in [2.24, 2.45) is 0 Å². The lowest BCUT2D eigenvalue weighted by Gasteiger charge is -2.01. The van der Waals surface area contributed by atoms with Gasteiger partial charge in [0.2, 0.25) is 0 Å². The second-order valence-electron chi connectivity index (χ2n) is 3.39. The van der Waals surface area contributed by atoms with Crippen LogP contribution in [0.25, 0.3) is 0 Å². The summed E-state index contributed by atoms with van der Waals surface area (Å²) in [5.74, 6) is 0.870. The smallest absolute Gasteiger partial charge is 0.317 e. The summed E-state index contributed by atoms with van der Waals surface area (Å²) in [7, 11) is 0. The van der Waals surface area contributed by atoms with Gasteiger partial charge in [-0.1, -0.05) is 23.4 Å². The Morgan fingerprint density at radius 2 is 2.12 bits per heavy atom. The molecular weight excluding hydrogens is 206 g/mol. The maximum atomic E-state index is 11.5. The molecule has 1 heterocycles. The van der Waals surface area contributed by atoms with Crippen molar-refractivity contribution in [2.45, 2.75) is 13.3 Å². The molecule has 4 heteroatoms. The topological polar surface area (TPSA) is 52.3 Å². The molecule has 0 aliphatic rings. The van der Waals surface area contributed by atoms with Gasteiger partial charge in [0.25, 0.3) is 0 Å². The van der Waals surface area contributed by atoms with Gasteiger partial charge in [-0.05, 0) is 19.1 Å².